The van der Waals surface area contributed by atoms with Crippen LogP contribution in [0.4, 0.5) is 57.5 Å². The van der Waals surface area contributed by atoms with E-state index < -0.39 is 103 Å². The minimum Gasteiger partial charge on any atom is -0.435 e. The molecule has 36 nitrogen and oxygen atoms in total. The molecule has 0 spiro atoms. The average molecular weight is 1660 g/mol. The first-order valence-corrected chi connectivity index (χ1v) is 36.7. The second-order valence-corrected chi connectivity index (χ2v) is 25.1. The fourth-order valence-electron chi connectivity index (χ4n) is 7.36. The summed E-state index contributed by atoms with van der Waals surface area (Å²) in [6.07, 6.45) is -11.1. The van der Waals surface area contributed by atoms with Gasteiger partial charge in [0, 0.05) is 0 Å². The van der Waals surface area contributed by atoms with Crippen LogP contribution in [0.25, 0.3) is 0 Å². The zero-order valence-electron chi connectivity index (χ0n) is 69.7. The van der Waals surface area contributed by atoms with E-state index in [0.717, 1.165) is 5.56 Å². The quantitative estimate of drug-likeness (QED) is 0.0186. The van der Waals surface area contributed by atoms with E-state index in [2.05, 4.69) is 37.9 Å². The smallest absolute Gasteiger partial charge is 0.435 e. The molecular formula is C81H110O36. The summed E-state index contributed by atoms with van der Waals surface area (Å²) >= 11 is 0. The largest absolute Gasteiger partial charge is 0.519 e. The molecule has 0 aliphatic rings. The van der Waals surface area contributed by atoms with Gasteiger partial charge >= 0.3 is 73.9 Å². The average Bonchev–Trinajstić information content (AvgIpc) is 0.808. The summed E-state index contributed by atoms with van der Waals surface area (Å²) in [5.74, 6) is 1.56. The Hall–Kier alpha value is -12.7. The molecule has 5 rings (SSSR count). The van der Waals surface area contributed by atoms with Crippen LogP contribution >= 0.6 is 0 Å². The van der Waals surface area contributed by atoms with Gasteiger partial charge in [-0.3, -0.25) is 0 Å². The first-order valence-electron chi connectivity index (χ1n) is 36.7. The van der Waals surface area contributed by atoms with E-state index in [1.165, 1.54) is 0 Å². The van der Waals surface area contributed by atoms with Gasteiger partial charge in [0.1, 0.15) is 85.0 Å². The Labute approximate surface area is 680 Å². The van der Waals surface area contributed by atoms with Gasteiger partial charge in [0.2, 0.25) is 0 Å². The molecule has 5 aromatic rings. The van der Waals surface area contributed by atoms with Crippen LogP contribution in [0, 0.1) is 6.92 Å². The van der Waals surface area contributed by atoms with E-state index in [4.69, 9.17) is 75.8 Å². The van der Waals surface area contributed by atoms with E-state index in [1.54, 1.807) is 245 Å². The Bertz CT molecular complexity index is 3600. The lowest BCUT2D eigenvalue weighted by Crippen LogP contribution is -2.51. The van der Waals surface area contributed by atoms with Crippen molar-refractivity contribution in [2.45, 2.75) is 173 Å². The summed E-state index contributed by atoms with van der Waals surface area (Å²) < 4.78 is 116. The lowest BCUT2D eigenvalue weighted by molar-refractivity contribution is -0.142. The Morgan fingerprint density at radius 2 is 0.556 bits per heavy atom. The minimum atomic E-state index is -1.05. The zero-order chi connectivity index (χ0) is 88.4. The maximum Gasteiger partial charge on any atom is 0.519 e. The maximum absolute atomic E-state index is 12.4. The van der Waals surface area contributed by atoms with Gasteiger partial charge in [-0.15, -0.1) is 0 Å². The molecule has 2 atom stereocenters. The molecule has 0 fully saturated rings. The zero-order valence-corrected chi connectivity index (χ0v) is 69.7. The number of carbonyl (C=O) groups excluding carboxylic acids is 12. The van der Waals surface area contributed by atoms with Crippen LogP contribution in [0.15, 0.2) is 133 Å². The van der Waals surface area contributed by atoms with Gasteiger partial charge in [-0.25, -0.2) is 57.5 Å². The molecule has 0 aromatic heterocycles. The topological polar surface area (TPSA) is 426 Å². The van der Waals surface area contributed by atoms with E-state index in [0.29, 0.717) is 28.6 Å². The third-order valence-electron chi connectivity index (χ3n) is 13.7. The number of rotatable bonds is 29. The molecule has 0 saturated heterocycles. The minimum absolute atomic E-state index is 0.0440. The highest BCUT2D eigenvalue weighted by molar-refractivity contribution is 5.73. The summed E-state index contributed by atoms with van der Waals surface area (Å²) in [5, 5.41) is 0. The highest BCUT2D eigenvalue weighted by atomic mass is 16.8. The van der Waals surface area contributed by atoms with E-state index >= 15 is 0 Å². The van der Waals surface area contributed by atoms with Gasteiger partial charge in [0.15, 0.2) is 11.5 Å². The SMILES string of the molecule is CCOC(=O)OC(C)(C)C(C)(C)OC(=O)OCC.CCOC(=O)OC(C)C(C)OC(=O)OCC.CCOC(=O)OCC(C)(C)OC(=O)OCC.CCOC(=O)OCCOC(=O)OCC.Cc1cc(C(C)(C)C)cc(OC(=O)Oc2ccccc2)c1OC(=O)Oc1ccccc1.O=C(OCCOC(=O)Oc1ccccc1)Oc1ccccc1. The first-order chi connectivity index (χ1) is 55.2. The molecule has 2 unspecified atom stereocenters. The molecule has 0 amide bonds. The Balaban J connectivity index is 0.00000142. The molecule has 117 heavy (non-hydrogen) atoms. The number of ether oxygens (including phenoxy) is 24. The summed E-state index contributed by atoms with van der Waals surface area (Å²) in [6.45, 7) is 35.5. The highest BCUT2D eigenvalue weighted by Crippen LogP contribution is 2.38. The maximum atomic E-state index is 12.4. The van der Waals surface area contributed by atoms with E-state index in [-0.39, 0.29) is 103 Å². The summed E-state index contributed by atoms with van der Waals surface area (Å²) in [7, 11) is 0. The number of para-hydroxylation sites is 4. The van der Waals surface area contributed by atoms with Gasteiger partial charge in [0.05, 0.1) is 52.9 Å². The van der Waals surface area contributed by atoms with Gasteiger partial charge in [-0.2, -0.15) is 0 Å². The van der Waals surface area contributed by atoms with Crippen molar-refractivity contribution in [3.05, 3.63) is 145 Å². The molecule has 0 aliphatic carbocycles. The fraction of sp³-hybridized carbons (Fsp3) is 0.481. The predicted molar refractivity (Wildman–Crippen MR) is 414 cm³/mol. The van der Waals surface area contributed by atoms with Crippen molar-refractivity contribution in [2.75, 3.05) is 85.9 Å². The molecule has 0 aliphatic heterocycles. The highest BCUT2D eigenvalue weighted by Gasteiger charge is 2.45. The van der Waals surface area contributed by atoms with E-state index in [9.17, 15) is 57.5 Å². The normalized spacial score (nSPS) is 10.8. The third-order valence-corrected chi connectivity index (χ3v) is 13.7. The second-order valence-electron chi connectivity index (χ2n) is 25.1. The van der Waals surface area contributed by atoms with Crippen LogP contribution in [0.1, 0.15) is 143 Å². The van der Waals surface area contributed by atoms with Crippen molar-refractivity contribution in [1.29, 1.82) is 0 Å². The van der Waals surface area contributed by atoms with Crippen LogP contribution in [-0.4, -0.2) is 189 Å². The number of carbonyl (C=O) groups is 12. The Morgan fingerprint density at radius 3 is 0.863 bits per heavy atom. The van der Waals surface area contributed by atoms with Crippen LogP contribution in [0.3, 0.4) is 0 Å². The summed E-state index contributed by atoms with van der Waals surface area (Å²) in [6, 6.07) is 37.6. The standard InChI is InChI=1S/C25H24O6.C16H14O6.C12H22O6.2C10H18O6.C8H14O6/c1-17-15-18(25(2,3)4)16-21(30-23(26)28-19-11-7-5-8-12-19)22(17)31-24(27)29-20-13-9-6-10-14-20;17-15(21-13-7-3-1-4-8-13)19-11-12-20-16(18)22-14-9-5-2-6-10-14;1-7-15-9(13)17-11(3,4)12(5,6)18-10(14)16-8-2;1-5-13-8(11)15-7-10(3,4)16-9(12)14-6-2;1-5-13-9(11)15-7(3)8(4)16-10(12)14-6-2;1-3-11-7(9)13-5-6-14-8(10)12-4-2/h5-16H,1-4H3;1-10H,11-12H2;7-8H2,1-6H3;5-7H2,1-4H3;7-8H,5-6H2,1-4H3;3-6H2,1-2H3. The molecule has 0 heterocycles. The lowest BCUT2D eigenvalue weighted by Gasteiger charge is -2.38. The van der Waals surface area contributed by atoms with Gasteiger partial charge < -0.3 is 114 Å². The van der Waals surface area contributed by atoms with Crippen LogP contribution in [0.2, 0.25) is 0 Å². The van der Waals surface area contributed by atoms with Crippen LogP contribution in [-0.2, 0) is 90.7 Å². The third kappa shape index (κ3) is 50.2. The molecular weight excluding hydrogens is 1550 g/mol. The van der Waals surface area contributed by atoms with Gasteiger partial charge in [-0.05, 0) is 189 Å². The molecule has 36 heteroatoms. The van der Waals surface area contributed by atoms with Crippen LogP contribution < -0.4 is 28.4 Å². The monoisotopic (exact) mass is 1660 g/mol. The predicted octanol–water partition coefficient (Wildman–Crippen LogP) is 18.3. The Kier molecular flexibility index (Phi) is 51.9. The fourth-order valence-corrected chi connectivity index (χ4v) is 7.36. The first kappa shape index (κ1) is 104. The number of aryl methyl sites for hydroxylation is 1. The van der Waals surface area contributed by atoms with Crippen LogP contribution in [0.5, 0.6) is 34.5 Å². The van der Waals surface area contributed by atoms with Crippen molar-refractivity contribution in [2.24, 2.45) is 0 Å². The summed E-state index contributed by atoms with van der Waals surface area (Å²) in [4.78, 5) is 135. The summed E-state index contributed by atoms with van der Waals surface area (Å²) in [5.41, 5.74) is -1.76. The van der Waals surface area contributed by atoms with Crippen molar-refractivity contribution in [3.8, 4) is 34.5 Å². The molecule has 0 radical (unpaired) electrons. The molecule has 0 N–H and O–H groups in total. The molecule has 0 saturated carbocycles. The Morgan fingerprint density at radius 1 is 0.291 bits per heavy atom. The lowest BCUT2D eigenvalue weighted by atomic mass is 9.86. The number of benzene rings is 5. The van der Waals surface area contributed by atoms with Gasteiger partial charge in [0.25, 0.3) is 0 Å². The second kappa shape index (κ2) is 58.2. The molecule has 0 bridgehead atoms. The number of hydrogen-bond acceptors (Lipinski definition) is 36. The van der Waals surface area contributed by atoms with Crippen molar-refractivity contribution in [1.82, 2.24) is 0 Å². The van der Waals surface area contributed by atoms with Crippen molar-refractivity contribution >= 4 is 73.9 Å². The van der Waals surface area contributed by atoms with Gasteiger partial charge in [-0.1, -0.05) is 99.6 Å². The van der Waals surface area contributed by atoms with Crippen molar-refractivity contribution < 1.29 is 171 Å². The molecule has 650 valence electrons. The molecule has 5 aromatic carbocycles. The number of hydrogen-bond donors (Lipinski definition) is 0. The van der Waals surface area contributed by atoms with Crippen molar-refractivity contribution in [3.63, 3.8) is 0 Å². The van der Waals surface area contributed by atoms with E-state index in [1.807, 2.05) is 26.8 Å².